The van der Waals surface area contributed by atoms with E-state index >= 15 is 0 Å². The van der Waals surface area contributed by atoms with Gasteiger partial charge in [0.1, 0.15) is 5.82 Å². The maximum Gasteiger partial charge on any atom is 0.192 e. The van der Waals surface area contributed by atoms with Crippen molar-refractivity contribution in [3.8, 4) is 0 Å². The van der Waals surface area contributed by atoms with Crippen molar-refractivity contribution in [2.24, 2.45) is 0 Å². The van der Waals surface area contributed by atoms with E-state index < -0.39 is 5.82 Å². The van der Waals surface area contributed by atoms with Crippen LogP contribution in [0.5, 0.6) is 0 Å². The van der Waals surface area contributed by atoms with E-state index in [1.54, 1.807) is 24.5 Å². The molecule has 0 radical (unpaired) electrons. The summed E-state index contributed by atoms with van der Waals surface area (Å²) in [5.41, 5.74) is 0.303. The summed E-state index contributed by atoms with van der Waals surface area (Å²) in [6.07, 6.45) is 3.75. The van der Waals surface area contributed by atoms with Gasteiger partial charge in [0.2, 0.25) is 0 Å². The Balaban J connectivity index is 2.38. The minimum atomic E-state index is -0.443. The van der Waals surface area contributed by atoms with Crippen LogP contribution >= 0.6 is 11.8 Å². The third kappa shape index (κ3) is 2.25. The zero-order valence-electron chi connectivity index (χ0n) is 8.13. The summed E-state index contributed by atoms with van der Waals surface area (Å²) in [6.45, 7) is 0. The Morgan fingerprint density at radius 3 is 2.62 bits per heavy atom. The van der Waals surface area contributed by atoms with Gasteiger partial charge in [0.05, 0.1) is 4.90 Å². The van der Waals surface area contributed by atoms with Crippen LogP contribution in [0.1, 0.15) is 10.4 Å². The van der Waals surface area contributed by atoms with Gasteiger partial charge in [-0.2, -0.15) is 0 Å². The van der Waals surface area contributed by atoms with Gasteiger partial charge < -0.3 is 0 Å². The Kier molecular flexibility index (Phi) is 3.26. The molecular weight excluding hydrogens is 227 g/mol. The van der Waals surface area contributed by atoms with E-state index in [-0.39, 0.29) is 4.90 Å². The maximum absolute atomic E-state index is 13.5. The zero-order chi connectivity index (χ0) is 11.4. The van der Waals surface area contributed by atoms with Crippen molar-refractivity contribution in [2.45, 2.75) is 10.1 Å². The van der Waals surface area contributed by atoms with E-state index in [0.717, 1.165) is 11.8 Å². The van der Waals surface area contributed by atoms with Crippen molar-refractivity contribution in [3.05, 3.63) is 48.0 Å². The fourth-order valence-electron chi connectivity index (χ4n) is 1.16. The molecule has 2 aromatic rings. The quantitative estimate of drug-likeness (QED) is 0.604. The number of aldehydes is 1. The molecule has 1 heterocycles. The molecule has 0 spiro atoms. The smallest absolute Gasteiger partial charge is 0.192 e. The van der Waals surface area contributed by atoms with Crippen LogP contribution in [0.15, 0.2) is 46.7 Å². The van der Waals surface area contributed by atoms with Crippen molar-refractivity contribution in [1.29, 1.82) is 0 Å². The van der Waals surface area contributed by atoms with E-state index in [9.17, 15) is 9.18 Å². The molecule has 0 saturated carbocycles. The first-order valence-corrected chi connectivity index (χ1v) is 5.31. The van der Waals surface area contributed by atoms with Gasteiger partial charge in [-0.3, -0.25) is 4.79 Å². The predicted octanol–water partition coefficient (Wildman–Crippen LogP) is 2.58. The van der Waals surface area contributed by atoms with Gasteiger partial charge in [-0.1, -0.05) is 12.1 Å². The molecule has 0 saturated heterocycles. The summed E-state index contributed by atoms with van der Waals surface area (Å²) in [7, 11) is 0. The lowest BCUT2D eigenvalue weighted by molar-refractivity contribution is 0.112. The molecule has 0 atom stereocenters. The van der Waals surface area contributed by atoms with Crippen molar-refractivity contribution in [1.82, 2.24) is 9.97 Å². The SMILES string of the molecule is O=Cc1cccc(F)c1Sc1ncccn1. The van der Waals surface area contributed by atoms with E-state index in [1.807, 2.05) is 0 Å². The summed E-state index contributed by atoms with van der Waals surface area (Å²) < 4.78 is 13.5. The molecule has 0 aliphatic rings. The number of benzene rings is 1. The van der Waals surface area contributed by atoms with Crippen LogP contribution in [-0.4, -0.2) is 16.3 Å². The standard InChI is InChI=1S/C11H7FN2OS/c12-9-4-1-3-8(7-15)10(9)16-11-13-5-2-6-14-11/h1-7H. The second-order valence-corrected chi connectivity index (χ2v) is 3.89. The largest absolute Gasteiger partial charge is 0.298 e. The van der Waals surface area contributed by atoms with Crippen LogP contribution in [0.2, 0.25) is 0 Å². The van der Waals surface area contributed by atoms with E-state index in [1.165, 1.54) is 12.1 Å². The van der Waals surface area contributed by atoms with Gasteiger partial charge in [0, 0.05) is 18.0 Å². The molecule has 16 heavy (non-hydrogen) atoms. The fourth-order valence-corrected chi connectivity index (χ4v) is 1.96. The molecule has 0 N–H and O–H groups in total. The van der Waals surface area contributed by atoms with E-state index in [0.29, 0.717) is 17.0 Å². The van der Waals surface area contributed by atoms with E-state index in [4.69, 9.17) is 0 Å². The monoisotopic (exact) mass is 234 g/mol. The Bertz CT molecular complexity index is 505. The number of hydrogen-bond donors (Lipinski definition) is 0. The van der Waals surface area contributed by atoms with Crippen molar-refractivity contribution in [2.75, 3.05) is 0 Å². The highest BCUT2D eigenvalue weighted by Gasteiger charge is 2.10. The molecule has 0 unspecified atom stereocenters. The van der Waals surface area contributed by atoms with Crippen molar-refractivity contribution in [3.63, 3.8) is 0 Å². The van der Waals surface area contributed by atoms with Gasteiger partial charge in [0.25, 0.3) is 0 Å². The lowest BCUT2D eigenvalue weighted by Crippen LogP contribution is -1.91. The Labute approximate surface area is 95.7 Å². The summed E-state index contributed by atoms with van der Waals surface area (Å²) >= 11 is 1.04. The highest BCUT2D eigenvalue weighted by Crippen LogP contribution is 2.29. The zero-order valence-corrected chi connectivity index (χ0v) is 8.95. The van der Waals surface area contributed by atoms with Crippen LogP contribution in [0.25, 0.3) is 0 Å². The molecule has 0 aliphatic carbocycles. The second kappa shape index (κ2) is 4.85. The fraction of sp³-hybridized carbons (Fsp3) is 0. The summed E-state index contributed by atoms with van der Waals surface area (Å²) in [5, 5.41) is 0.413. The molecule has 5 heteroatoms. The molecule has 1 aromatic heterocycles. The molecule has 1 aromatic carbocycles. The minimum absolute atomic E-state index is 0.253. The molecule has 0 amide bonds. The first kappa shape index (κ1) is 10.8. The second-order valence-electron chi connectivity index (χ2n) is 2.91. The Hall–Kier alpha value is -1.75. The van der Waals surface area contributed by atoms with Crippen LogP contribution < -0.4 is 0 Å². The Morgan fingerprint density at radius 1 is 1.19 bits per heavy atom. The lowest BCUT2D eigenvalue weighted by atomic mass is 10.2. The van der Waals surface area contributed by atoms with Gasteiger partial charge in [0.15, 0.2) is 11.4 Å². The third-order valence-corrected chi connectivity index (χ3v) is 2.89. The first-order chi connectivity index (χ1) is 7.81. The summed E-state index contributed by atoms with van der Waals surface area (Å²) in [6, 6.07) is 6.03. The van der Waals surface area contributed by atoms with Crippen LogP contribution in [0.4, 0.5) is 4.39 Å². The molecule has 3 nitrogen and oxygen atoms in total. The van der Waals surface area contributed by atoms with Gasteiger partial charge in [-0.05, 0) is 23.9 Å². The average molecular weight is 234 g/mol. The molecule has 0 aliphatic heterocycles. The Morgan fingerprint density at radius 2 is 1.94 bits per heavy atom. The molecular formula is C11H7FN2OS. The number of carbonyl (C=O) groups is 1. The molecule has 0 bridgehead atoms. The predicted molar refractivity (Wildman–Crippen MR) is 57.9 cm³/mol. The maximum atomic E-state index is 13.5. The van der Waals surface area contributed by atoms with Gasteiger partial charge in [-0.25, -0.2) is 14.4 Å². The molecule has 2 rings (SSSR count). The lowest BCUT2D eigenvalue weighted by Gasteiger charge is -2.03. The van der Waals surface area contributed by atoms with Crippen LogP contribution in [0.3, 0.4) is 0 Å². The van der Waals surface area contributed by atoms with Gasteiger partial charge >= 0.3 is 0 Å². The normalized spacial score (nSPS) is 10.1. The van der Waals surface area contributed by atoms with Crippen LogP contribution in [0, 0.1) is 5.82 Å². The highest BCUT2D eigenvalue weighted by atomic mass is 32.2. The van der Waals surface area contributed by atoms with Crippen molar-refractivity contribution < 1.29 is 9.18 Å². The summed E-state index contributed by atoms with van der Waals surface area (Å²) in [4.78, 5) is 18.9. The van der Waals surface area contributed by atoms with Gasteiger partial charge in [-0.15, -0.1) is 0 Å². The summed E-state index contributed by atoms with van der Waals surface area (Å²) in [5.74, 6) is -0.443. The molecule has 0 fully saturated rings. The number of aromatic nitrogens is 2. The van der Waals surface area contributed by atoms with Crippen LogP contribution in [-0.2, 0) is 0 Å². The topological polar surface area (TPSA) is 42.9 Å². The number of rotatable bonds is 3. The number of carbonyl (C=O) groups excluding carboxylic acids is 1. The van der Waals surface area contributed by atoms with Crippen molar-refractivity contribution >= 4 is 18.0 Å². The number of halogens is 1. The number of hydrogen-bond acceptors (Lipinski definition) is 4. The van der Waals surface area contributed by atoms with E-state index in [2.05, 4.69) is 9.97 Å². The minimum Gasteiger partial charge on any atom is -0.298 e. The highest BCUT2D eigenvalue weighted by molar-refractivity contribution is 7.99. The molecule has 80 valence electrons. The average Bonchev–Trinajstić information content (AvgIpc) is 2.33. The number of nitrogens with zero attached hydrogens (tertiary/aromatic N) is 2. The third-order valence-electron chi connectivity index (χ3n) is 1.86. The first-order valence-electron chi connectivity index (χ1n) is 4.50.